The molecule has 1 fully saturated rings. The molecule has 1 rings (SSSR count). The number of ether oxygens (including phenoxy) is 1. The fraction of sp³-hybridized carbons (Fsp3) is 0.909. The van der Waals surface area contributed by atoms with Crippen molar-refractivity contribution in [2.75, 3.05) is 20.3 Å². The summed E-state index contributed by atoms with van der Waals surface area (Å²) in [6, 6.07) is 0.00361. The summed E-state index contributed by atoms with van der Waals surface area (Å²) < 4.78 is 4.78. The van der Waals surface area contributed by atoms with Crippen molar-refractivity contribution in [3.05, 3.63) is 0 Å². The van der Waals surface area contributed by atoms with Crippen molar-refractivity contribution in [1.82, 2.24) is 5.32 Å². The maximum atomic E-state index is 11.4. The summed E-state index contributed by atoms with van der Waals surface area (Å²) in [5, 5.41) is 12.1. The summed E-state index contributed by atoms with van der Waals surface area (Å²) in [5.74, 6) is 0.522. The van der Waals surface area contributed by atoms with Gasteiger partial charge < -0.3 is 20.9 Å². The highest BCUT2D eigenvalue weighted by Crippen LogP contribution is 2.32. The molecule has 1 saturated carbocycles. The third kappa shape index (κ3) is 5.44. The number of amides is 1. The van der Waals surface area contributed by atoms with E-state index in [4.69, 9.17) is 10.5 Å². The maximum absolute atomic E-state index is 11.4. The number of rotatable bonds is 8. The zero-order valence-corrected chi connectivity index (χ0v) is 9.82. The smallest absolute Gasteiger partial charge is 0.221 e. The van der Waals surface area contributed by atoms with E-state index in [0.717, 1.165) is 12.8 Å². The molecule has 2 atom stereocenters. The van der Waals surface area contributed by atoms with Crippen LogP contribution in [0.25, 0.3) is 0 Å². The molecule has 1 aliphatic rings. The Kier molecular flexibility index (Phi) is 5.73. The van der Waals surface area contributed by atoms with Crippen molar-refractivity contribution < 1.29 is 14.6 Å². The fourth-order valence-corrected chi connectivity index (χ4v) is 1.63. The number of nitrogens with one attached hydrogen (secondary N) is 1. The van der Waals surface area contributed by atoms with Crippen LogP contribution in [0.5, 0.6) is 0 Å². The van der Waals surface area contributed by atoms with E-state index < -0.39 is 6.10 Å². The SMILES string of the molecule is COCC(O)CCNC(=O)CC(N)C1CC1. The molecule has 1 aliphatic carbocycles. The molecule has 0 heterocycles. The average molecular weight is 230 g/mol. The zero-order chi connectivity index (χ0) is 12.0. The summed E-state index contributed by atoms with van der Waals surface area (Å²) in [4.78, 5) is 11.4. The molecule has 0 saturated heterocycles. The molecule has 94 valence electrons. The lowest BCUT2D eigenvalue weighted by Gasteiger charge is -2.12. The Bertz CT molecular complexity index is 219. The van der Waals surface area contributed by atoms with Crippen molar-refractivity contribution >= 4 is 5.91 Å². The Hall–Kier alpha value is -0.650. The van der Waals surface area contributed by atoms with Crippen molar-refractivity contribution in [2.24, 2.45) is 11.7 Å². The minimum Gasteiger partial charge on any atom is -0.391 e. The van der Waals surface area contributed by atoms with Gasteiger partial charge in [-0.05, 0) is 25.2 Å². The Balaban J connectivity index is 2.01. The van der Waals surface area contributed by atoms with Gasteiger partial charge in [0, 0.05) is 26.1 Å². The molecule has 0 aromatic carbocycles. The van der Waals surface area contributed by atoms with Gasteiger partial charge in [-0.2, -0.15) is 0 Å². The number of hydrogen-bond donors (Lipinski definition) is 3. The van der Waals surface area contributed by atoms with Gasteiger partial charge in [0.25, 0.3) is 0 Å². The van der Waals surface area contributed by atoms with Gasteiger partial charge in [0.05, 0.1) is 12.7 Å². The van der Waals surface area contributed by atoms with Crippen LogP contribution < -0.4 is 11.1 Å². The summed E-state index contributed by atoms with van der Waals surface area (Å²) in [6.45, 7) is 0.776. The lowest BCUT2D eigenvalue weighted by atomic mass is 10.1. The van der Waals surface area contributed by atoms with Gasteiger partial charge in [0.15, 0.2) is 0 Å². The number of methoxy groups -OCH3 is 1. The molecule has 0 aliphatic heterocycles. The van der Waals surface area contributed by atoms with Gasteiger partial charge in [-0.15, -0.1) is 0 Å². The summed E-state index contributed by atoms with van der Waals surface area (Å²) in [5.41, 5.74) is 5.83. The topological polar surface area (TPSA) is 84.6 Å². The lowest BCUT2D eigenvalue weighted by Crippen LogP contribution is -2.34. The number of carbonyl (C=O) groups excluding carboxylic acids is 1. The first-order valence-electron chi connectivity index (χ1n) is 5.82. The van der Waals surface area contributed by atoms with Gasteiger partial charge in [0.1, 0.15) is 0 Å². The third-order valence-corrected chi connectivity index (χ3v) is 2.81. The predicted octanol–water partition coefficient (Wildman–Crippen LogP) is -0.373. The molecule has 0 aromatic rings. The van der Waals surface area contributed by atoms with Gasteiger partial charge in [-0.1, -0.05) is 0 Å². The standard InChI is InChI=1S/C11H22N2O3/c1-16-7-9(14)4-5-13-11(15)6-10(12)8-2-3-8/h8-10,14H,2-7,12H2,1H3,(H,13,15). The van der Waals surface area contributed by atoms with E-state index in [0.29, 0.717) is 31.9 Å². The van der Waals surface area contributed by atoms with E-state index in [1.54, 1.807) is 0 Å². The normalized spacial score (nSPS) is 19.2. The Morgan fingerprint density at radius 1 is 1.62 bits per heavy atom. The molecule has 1 amide bonds. The molecule has 4 N–H and O–H groups in total. The second-order valence-electron chi connectivity index (χ2n) is 4.45. The van der Waals surface area contributed by atoms with Crippen molar-refractivity contribution in [3.8, 4) is 0 Å². The summed E-state index contributed by atoms with van der Waals surface area (Å²) in [6.07, 6.45) is 2.70. The number of nitrogens with two attached hydrogens (primary N) is 1. The molecule has 16 heavy (non-hydrogen) atoms. The van der Waals surface area contributed by atoms with Gasteiger partial charge in [-0.25, -0.2) is 0 Å². The second-order valence-corrected chi connectivity index (χ2v) is 4.45. The van der Waals surface area contributed by atoms with Crippen molar-refractivity contribution in [1.29, 1.82) is 0 Å². The van der Waals surface area contributed by atoms with E-state index in [-0.39, 0.29) is 11.9 Å². The lowest BCUT2D eigenvalue weighted by molar-refractivity contribution is -0.121. The number of aliphatic hydroxyl groups excluding tert-OH is 1. The largest absolute Gasteiger partial charge is 0.391 e. The van der Waals surface area contributed by atoms with Crippen LogP contribution in [-0.2, 0) is 9.53 Å². The van der Waals surface area contributed by atoms with E-state index >= 15 is 0 Å². The number of carbonyl (C=O) groups is 1. The van der Waals surface area contributed by atoms with Crippen molar-refractivity contribution in [2.45, 2.75) is 37.8 Å². The highest BCUT2D eigenvalue weighted by molar-refractivity contribution is 5.76. The van der Waals surface area contributed by atoms with Crippen LogP contribution in [0.4, 0.5) is 0 Å². The van der Waals surface area contributed by atoms with E-state index in [1.165, 1.54) is 7.11 Å². The molecule has 5 nitrogen and oxygen atoms in total. The van der Waals surface area contributed by atoms with Crippen molar-refractivity contribution in [3.63, 3.8) is 0 Å². The molecule has 0 aromatic heterocycles. The first-order valence-corrected chi connectivity index (χ1v) is 5.82. The van der Waals surface area contributed by atoms with Crippen LogP contribution >= 0.6 is 0 Å². The Labute approximate surface area is 96.3 Å². The highest BCUT2D eigenvalue weighted by Gasteiger charge is 2.29. The quantitative estimate of drug-likeness (QED) is 0.531. The van der Waals surface area contributed by atoms with Gasteiger partial charge in [0.2, 0.25) is 5.91 Å². The first-order chi connectivity index (χ1) is 7.63. The van der Waals surface area contributed by atoms with Crippen LogP contribution in [0.15, 0.2) is 0 Å². The molecule has 0 radical (unpaired) electrons. The number of hydrogen-bond acceptors (Lipinski definition) is 4. The Morgan fingerprint density at radius 3 is 2.88 bits per heavy atom. The molecule has 0 bridgehead atoms. The monoisotopic (exact) mass is 230 g/mol. The van der Waals surface area contributed by atoms with Crippen LogP contribution in [0, 0.1) is 5.92 Å². The second kappa shape index (κ2) is 6.83. The number of aliphatic hydroxyl groups is 1. The fourth-order valence-electron chi connectivity index (χ4n) is 1.63. The summed E-state index contributed by atoms with van der Waals surface area (Å²) >= 11 is 0. The average Bonchev–Trinajstić information content (AvgIpc) is 3.00. The molecular weight excluding hydrogens is 208 g/mol. The zero-order valence-electron chi connectivity index (χ0n) is 9.82. The van der Waals surface area contributed by atoms with Gasteiger partial charge in [-0.3, -0.25) is 4.79 Å². The minimum absolute atomic E-state index is 0.00361. The minimum atomic E-state index is -0.512. The molecule has 5 heteroatoms. The third-order valence-electron chi connectivity index (χ3n) is 2.81. The van der Waals surface area contributed by atoms with Gasteiger partial charge >= 0.3 is 0 Å². The van der Waals surface area contributed by atoms with Crippen LogP contribution in [-0.4, -0.2) is 43.4 Å². The van der Waals surface area contributed by atoms with E-state index in [1.807, 2.05) is 0 Å². The first kappa shape index (κ1) is 13.4. The van der Waals surface area contributed by atoms with E-state index in [9.17, 15) is 9.90 Å². The highest BCUT2D eigenvalue weighted by atomic mass is 16.5. The Morgan fingerprint density at radius 2 is 2.31 bits per heavy atom. The molecular formula is C11H22N2O3. The summed E-state index contributed by atoms with van der Waals surface area (Å²) in [7, 11) is 1.54. The van der Waals surface area contributed by atoms with E-state index in [2.05, 4.69) is 5.32 Å². The maximum Gasteiger partial charge on any atom is 0.221 e. The molecule has 0 spiro atoms. The van der Waals surface area contributed by atoms with Crippen LogP contribution in [0.2, 0.25) is 0 Å². The van der Waals surface area contributed by atoms with Crippen LogP contribution in [0.1, 0.15) is 25.7 Å². The molecule has 2 unspecified atom stereocenters. The van der Waals surface area contributed by atoms with Crippen LogP contribution in [0.3, 0.4) is 0 Å². The predicted molar refractivity (Wildman–Crippen MR) is 60.8 cm³/mol.